The first-order valence-electron chi connectivity index (χ1n) is 4.57. The topological polar surface area (TPSA) is 102 Å². The lowest BCUT2D eigenvalue weighted by Crippen LogP contribution is -2.13. The van der Waals surface area contributed by atoms with Gasteiger partial charge in [0.1, 0.15) is 6.33 Å². The maximum absolute atomic E-state index is 8.56. The van der Waals surface area contributed by atoms with Gasteiger partial charge in [-0.2, -0.15) is 0 Å². The Bertz CT molecular complexity index is 492. The fourth-order valence-corrected chi connectivity index (χ4v) is 1.33. The normalized spacial score (nSPS) is 11.6. The minimum Gasteiger partial charge on any atom is -0.409 e. The smallest absolute Gasteiger partial charge is 0.170 e. The number of amidine groups is 1. The van der Waals surface area contributed by atoms with Gasteiger partial charge in [0.05, 0.1) is 6.54 Å². The molecule has 7 heteroatoms. The summed E-state index contributed by atoms with van der Waals surface area (Å²) in [5, 5.41) is 22.3. The minimum absolute atomic E-state index is 0.0820. The van der Waals surface area contributed by atoms with Crippen LogP contribution < -0.4 is 5.73 Å². The van der Waals surface area contributed by atoms with Gasteiger partial charge < -0.3 is 10.9 Å². The highest BCUT2D eigenvalue weighted by Crippen LogP contribution is 2.06. The molecule has 0 aliphatic carbocycles. The van der Waals surface area contributed by atoms with Crippen LogP contribution in [0.15, 0.2) is 35.7 Å². The molecule has 0 saturated heterocycles. The van der Waals surface area contributed by atoms with E-state index in [1.165, 1.54) is 6.33 Å². The zero-order chi connectivity index (χ0) is 11.4. The van der Waals surface area contributed by atoms with Gasteiger partial charge in [-0.15, -0.1) is 5.10 Å². The Morgan fingerprint density at radius 1 is 1.50 bits per heavy atom. The Balaban J connectivity index is 2.23. The molecule has 0 bridgehead atoms. The van der Waals surface area contributed by atoms with Gasteiger partial charge in [0.25, 0.3) is 0 Å². The third kappa shape index (κ3) is 2.14. The lowest BCUT2D eigenvalue weighted by Gasteiger charge is -2.03. The SMILES string of the molecule is NC(=NO)c1cccc(Cn2cnnn2)c1. The fourth-order valence-electron chi connectivity index (χ4n) is 1.33. The molecule has 1 aromatic heterocycles. The van der Waals surface area contributed by atoms with Crippen LogP contribution >= 0.6 is 0 Å². The molecule has 2 aromatic rings. The lowest BCUT2D eigenvalue weighted by molar-refractivity contribution is 0.318. The maximum Gasteiger partial charge on any atom is 0.170 e. The van der Waals surface area contributed by atoms with Crippen LogP contribution in [0.5, 0.6) is 0 Å². The van der Waals surface area contributed by atoms with E-state index in [-0.39, 0.29) is 5.84 Å². The first kappa shape index (κ1) is 10.1. The number of nitrogens with two attached hydrogens (primary N) is 1. The number of rotatable bonds is 3. The van der Waals surface area contributed by atoms with Crippen molar-refractivity contribution in [3.63, 3.8) is 0 Å². The zero-order valence-electron chi connectivity index (χ0n) is 8.35. The van der Waals surface area contributed by atoms with Gasteiger partial charge >= 0.3 is 0 Å². The summed E-state index contributed by atoms with van der Waals surface area (Å²) in [6, 6.07) is 7.32. The number of oxime groups is 1. The summed E-state index contributed by atoms with van der Waals surface area (Å²) in [5.74, 6) is 0.0820. The molecule has 0 unspecified atom stereocenters. The van der Waals surface area contributed by atoms with Crippen LogP contribution in [0.1, 0.15) is 11.1 Å². The van der Waals surface area contributed by atoms with Crippen LogP contribution in [0.25, 0.3) is 0 Å². The molecule has 0 amide bonds. The van der Waals surface area contributed by atoms with Crippen molar-refractivity contribution >= 4 is 5.84 Å². The lowest BCUT2D eigenvalue weighted by atomic mass is 10.1. The van der Waals surface area contributed by atoms with Crippen molar-refractivity contribution in [3.05, 3.63) is 41.7 Å². The summed E-state index contributed by atoms with van der Waals surface area (Å²) in [4.78, 5) is 0. The molecule has 0 radical (unpaired) electrons. The van der Waals surface area contributed by atoms with Gasteiger partial charge in [-0.05, 0) is 22.1 Å². The van der Waals surface area contributed by atoms with Crippen LogP contribution in [0.2, 0.25) is 0 Å². The Morgan fingerprint density at radius 3 is 3.06 bits per heavy atom. The summed E-state index contributed by atoms with van der Waals surface area (Å²) < 4.78 is 1.59. The molecule has 3 N–H and O–H groups in total. The molecule has 2 rings (SSSR count). The first-order chi connectivity index (χ1) is 7.79. The third-order valence-electron chi connectivity index (χ3n) is 2.07. The highest BCUT2D eigenvalue weighted by Gasteiger charge is 2.01. The number of nitrogens with zero attached hydrogens (tertiary/aromatic N) is 5. The summed E-state index contributed by atoms with van der Waals surface area (Å²) in [5.41, 5.74) is 7.12. The molecular weight excluding hydrogens is 208 g/mol. The molecule has 0 fully saturated rings. The predicted molar refractivity (Wildman–Crippen MR) is 55.9 cm³/mol. The van der Waals surface area contributed by atoms with Crippen molar-refractivity contribution in [2.45, 2.75) is 6.54 Å². The molecule has 82 valence electrons. The molecule has 0 atom stereocenters. The summed E-state index contributed by atoms with van der Waals surface area (Å²) >= 11 is 0. The summed E-state index contributed by atoms with van der Waals surface area (Å²) in [6.45, 7) is 0.541. The van der Waals surface area contributed by atoms with Crippen LogP contribution in [0.4, 0.5) is 0 Å². The quantitative estimate of drug-likeness (QED) is 0.322. The standard InChI is InChI=1S/C9H10N6O/c10-9(12-16)8-3-1-2-7(4-8)5-15-6-11-13-14-15/h1-4,6,16H,5H2,(H2,10,12). The average molecular weight is 218 g/mol. The Morgan fingerprint density at radius 2 is 2.38 bits per heavy atom. The van der Waals surface area contributed by atoms with Crippen LogP contribution in [0, 0.1) is 0 Å². The number of hydrogen-bond donors (Lipinski definition) is 2. The van der Waals surface area contributed by atoms with Crippen molar-refractivity contribution in [2.75, 3.05) is 0 Å². The highest BCUT2D eigenvalue weighted by molar-refractivity contribution is 5.97. The van der Waals surface area contributed by atoms with E-state index >= 15 is 0 Å². The Kier molecular flexibility index (Phi) is 2.77. The molecule has 0 aliphatic rings. The van der Waals surface area contributed by atoms with Crippen molar-refractivity contribution < 1.29 is 5.21 Å². The van der Waals surface area contributed by atoms with E-state index < -0.39 is 0 Å². The van der Waals surface area contributed by atoms with E-state index in [0.29, 0.717) is 12.1 Å². The number of aromatic nitrogens is 4. The number of hydrogen-bond acceptors (Lipinski definition) is 5. The van der Waals surface area contributed by atoms with E-state index in [1.807, 2.05) is 18.2 Å². The largest absolute Gasteiger partial charge is 0.409 e. The average Bonchev–Trinajstić information content (AvgIpc) is 2.81. The van der Waals surface area contributed by atoms with Gasteiger partial charge in [0.2, 0.25) is 0 Å². The second-order valence-electron chi connectivity index (χ2n) is 3.19. The minimum atomic E-state index is 0.0820. The Labute approximate surface area is 91.2 Å². The third-order valence-corrected chi connectivity index (χ3v) is 2.07. The zero-order valence-corrected chi connectivity index (χ0v) is 8.35. The predicted octanol–water partition coefficient (Wildman–Crippen LogP) is -0.184. The second kappa shape index (κ2) is 4.39. The highest BCUT2D eigenvalue weighted by atomic mass is 16.4. The molecule has 0 saturated carbocycles. The number of benzene rings is 1. The van der Waals surface area contributed by atoms with Crippen LogP contribution in [-0.2, 0) is 6.54 Å². The van der Waals surface area contributed by atoms with E-state index in [9.17, 15) is 0 Å². The first-order valence-corrected chi connectivity index (χ1v) is 4.57. The summed E-state index contributed by atoms with van der Waals surface area (Å²) in [6.07, 6.45) is 1.52. The van der Waals surface area contributed by atoms with E-state index in [0.717, 1.165) is 5.56 Å². The van der Waals surface area contributed by atoms with E-state index in [4.69, 9.17) is 10.9 Å². The molecule has 0 aliphatic heterocycles. The second-order valence-corrected chi connectivity index (χ2v) is 3.19. The molecule has 1 aromatic carbocycles. The van der Waals surface area contributed by atoms with Gasteiger partial charge in [0.15, 0.2) is 5.84 Å². The molecule has 1 heterocycles. The van der Waals surface area contributed by atoms with Gasteiger partial charge in [-0.3, -0.25) is 0 Å². The van der Waals surface area contributed by atoms with E-state index in [1.54, 1.807) is 10.7 Å². The van der Waals surface area contributed by atoms with Crippen LogP contribution in [-0.4, -0.2) is 31.3 Å². The monoisotopic (exact) mass is 218 g/mol. The van der Waals surface area contributed by atoms with Crippen LogP contribution in [0.3, 0.4) is 0 Å². The van der Waals surface area contributed by atoms with Gasteiger partial charge in [-0.25, -0.2) is 4.68 Å². The Hall–Kier alpha value is -2.44. The molecular formula is C9H10N6O. The molecule has 16 heavy (non-hydrogen) atoms. The molecule has 7 nitrogen and oxygen atoms in total. The van der Waals surface area contributed by atoms with Gasteiger partial charge in [-0.1, -0.05) is 23.4 Å². The number of tetrazole rings is 1. The van der Waals surface area contributed by atoms with Crippen molar-refractivity contribution in [2.24, 2.45) is 10.9 Å². The van der Waals surface area contributed by atoms with Crippen molar-refractivity contribution in [3.8, 4) is 0 Å². The van der Waals surface area contributed by atoms with E-state index in [2.05, 4.69) is 20.7 Å². The summed E-state index contributed by atoms with van der Waals surface area (Å²) in [7, 11) is 0. The maximum atomic E-state index is 8.56. The van der Waals surface area contributed by atoms with Gasteiger partial charge in [0, 0.05) is 5.56 Å². The fraction of sp³-hybridized carbons (Fsp3) is 0.111. The molecule has 0 spiro atoms. The van der Waals surface area contributed by atoms with Crippen molar-refractivity contribution in [1.29, 1.82) is 0 Å². The van der Waals surface area contributed by atoms with Crippen molar-refractivity contribution in [1.82, 2.24) is 20.2 Å².